The molecule has 2 aliphatic rings. The Hall–Kier alpha value is -2.69. The summed E-state index contributed by atoms with van der Waals surface area (Å²) < 4.78 is 0. The number of aryl methyl sites for hydroxylation is 1. The van der Waals surface area contributed by atoms with Gasteiger partial charge in [0.25, 0.3) is 5.69 Å². The minimum Gasteiger partial charge on any atom is -0.376 e. The van der Waals surface area contributed by atoms with E-state index >= 15 is 0 Å². The number of hydrogen-bond donors (Lipinski definition) is 1. The molecule has 0 fully saturated rings. The molecule has 2 aromatic rings. The fourth-order valence-electron chi connectivity index (χ4n) is 3.83. The summed E-state index contributed by atoms with van der Waals surface area (Å²) in [6, 6.07) is 9.44. The summed E-state index contributed by atoms with van der Waals surface area (Å²) in [6.07, 6.45) is 7.13. The highest BCUT2D eigenvalue weighted by Crippen LogP contribution is 2.51. The maximum absolute atomic E-state index is 11.2. The molecule has 0 spiro atoms. The van der Waals surface area contributed by atoms with Gasteiger partial charge in [0.15, 0.2) is 0 Å². The molecule has 116 valence electrons. The van der Waals surface area contributed by atoms with Crippen LogP contribution in [0.3, 0.4) is 0 Å². The Balaban J connectivity index is 1.84. The number of aromatic nitrogens is 1. The highest BCUT2D eigenvalue weighted by atomic mass is 16.6. The van der Waals surface area contributed by atoms with E-state index in [1.807, 2.05) is 31.3 Å². The summed E-state index contributed by atoms with van der Waals surface area (Å²) in [5.41, 5.74) is 4.14. The molecule has 2 heterocycles. The molecule has 0 saturated carbocycles. The Morgan fingerprint density at radius 3 is 2.96 bits per heavy atom. The van der Waals surface area contributed by atoms with Crippen LogP contribution < -0.4 is 5.32 Å². The molecule has 1 aliphatic carbocycles. The van der Waals surface area contributed by atoms with Crippen LogP contribution in [-0.2, 0) is 0 Å². The molecular weight excluding hydrogens is 290 g/mol. The Labute approximate surface area is 134 Å². The van der Waals surface area contributed by atoms with Crippen molar-refractivity contribution in [2.45, 2.75) is 25.3 Å². The van der Waals surface area contributed by atoms with Crippen LogP contribution in [-0.4, -0.2) is 9.91 Å². The predicted octanol–water partition coefficient (Wildman–Crippen LogP) is 4.12. The molecule has 0 radical (unpaired) electrons. The van der Waals surface area contributed by atoms with Crippen molar-refractivity contribution in [2.24, 2.45) is 5.92 Å². The first-order chi connectivity index (χ1) is 11.1. The highest BCUT2D eigenvalue weighted by Gasteiger charge is 2.39. The molecule has 3 atom stereocenters. The number of nitro benzene ring substituents is 1. The molecule has 1 aliphatic heterocycles. The average Bonchev–Trinajstić information content (AvgIpc) is 3.04. The van der Waals surface area contributed by atoms with Gasteiger partial charge in [-0.1, -0.05) is 18.2 Å². The van der Waals surface area contributed by atoms with Crippen molar-refractivity contribution >= 4 is 11.4 Å². The Morgan fingerprint density at radius 2 is 2.22 bits per heavy atom. The van der Waals surface area contributed by atoms with E-state index in [2.05, 4.69) is 22.5 Å². The van der Waals surface area contributed by atoms with Crippen molar-refractivity contribution < 1.29 is 4.92 Å². The van der Waals surface area contributed by atoms with E-state index in [4.69, 9.17) is 0 Å². The molecule has 23 heavy (non-hydrogen) atoms. The van der Waals surface area contributed by atoms with Crippen molar-refractivity contribution in [1.29, 1.82) is 0 Å². The second-order valence-corrected chi connectivity index (χ2v) is 6.21. The van der Waals surface area contributed by atoms with E-state index < -0.39 is 0 Å². The Bertz CT molecular complexity index is 801. The maximum Gasteiger partial charge on any atom is 0.270 e. The van der Waals surface area contributed by atoms with E-state index in [1.54, 1.807) is 12.1 Å². The van der Waals surface area contributed by atoms with Crippen LogP contribution in [0.1, 0.15) is 35.2 Å². The number of pyridine rings is 1. The van der Waals surface area contributed by atoms with E-state index in [9.17, 15) is 10.1 Å². The maximum atomic E-state index is 11.2. The van der Waals surface area contributed by atoms with Gasteiger partial charge in [0, 0.05) is 29.9 Å². The molecule has 0 unspecified atom stereocenters. The topological polar surface area (TPSA) is 68.1 Å². The summed E-state index contributed by atoms with van der Waals surface area (Å²) in [5, 5.41) is 14.8. The number of nitrogens with one attached hydrogen (secondary N) is 1. The molecular formula is C18H17N3O2. The molecule has 4 rings (SSSR count). The van der Waals surface area contributed by atoms with Gasteiger partial charge < -0.3 is 5.32 Å². The second-order valence-electron chi connectivity index (χ2n) is 6.21. The van der Waals surface area contributed by atoms with Gasteiger partial charge in [0.2, 0.25) is 0 Å². The van der Waals surface area contributed by atoms with Gasteiger partial charge in [-0.2, -0.15) is 0 Å². The van der Waals surface area contributed by atoms with Crippen molar-refractivity contribution in [3.8, 4) is 0 Å². The van der Waals surface area contributed by atoms with Crippen LogP contribution in [0, 0.1) is 23.0 Å². The molecule has 0 amide bonds. The number of nitrogens with zero attached hydrogens (tertiary/aromatic N) is 2. The largest absolute Gasteiger partial charge is 0.376 e. The summed E-state index contributed by atoms with van der Waals surface area (Å²) in [5.74, 6) is 0.552. The zero-order valence-electron chi connectivity index (χ0n) is 12.8. The number of anilines is 1. The van der Waals surface area contributed by atoms with E-state index in [0.717, 1.165) is 28.9 Å². The van der Waals surface area contributed by atoms with Crippen LogP contribution >= 0.6 is 0 Å². The molecule has 1 aromatic carbocycles. The monoisotopic (exact) mass is 307 g/mol. The van der Waals surface area contributed by atoms with Gasteiger partial charge >= 0.3 is 0 Å². The molecule has 0 saturated heterocycles. The molecule has 0 bridgehead atoms. The first-order valence-electron chi connectivity index (χ1n) is 7.78. The summed E-state index contributed by atoms with van der Waals surface area (Å²) in [4.78, 5) is 15.4. The number of hydrogen-bond acceptors (Lipinski definition) is 4. The van der Waals surface area contributed by atoms with E-state index in [1.165, 1.54) is 0 Å². The fourth-order valence-corrected chi connectivity index (χ4v) is 3.83. The minimum atomic E-state index is -0.314. The number of rotatable bonds is 2. The SMILES string of the molecule is Cc1cc([N+](=O)[O-])cc2c1N[C@H](c1ccccn1)[C@H]1CC=C[C@@H]21. The van der Waals surface area contributed by atoms with Gasteiger partial charge in [0.1, 0.15) is 0 Å². The standard InChI is InChI=1S/C18H17N3O2/c1-11-9-12(21(22)23)10-15-13-5-4-6-14(13)18(20-17(11)15)16-7-2-3-8-19-16/h2-5,7-10,13-14,18,20H,6H2,1H3/t13-,14+,18+/m1/s1. The number of allylic oxidation sites excluding steroid dienone is 2. The van der Waals surface area contributed by atoms with Crippen molar-refractivity contribution in [1.82, 2.24) is 4.98 Å². The lowest BCUT2D eigenvalue weighted by Crippen LogP contribution is -2.30. The first kappa shape index (κ1) is 13.9. The number of benzene rings is 1. The quantitative estimate of drug-likeness (QED) is 0.514. The van der Waals surface area contributed by atoms with Crippen LogP contribution in [0.4, 0.5) is 11.4 Å². The zero-order valence-corrected chi connectivity index (χ0v) is 12.8. The second kappa shape index (κ2) is 5.19. The lowest BCUT2D eigenvalue weighted by Gasteiger charge is -2.37. The molecule has 5 nitrogen and oxygen atoms in total. The lowest BCUT2D eigenvalue weighted by molar-refractivity contribution is -0.385. The van der Waals surface area contributed by atoms with Gasteiger partial charge in [-0.15, -0.1) is 0 Å². The van der Waals surface area contributed by atoms with Gasteiger partial charge in [-0.3, -0.25) is 15.1 Å². The molecule has 5 heteroatoms. The van der Waals surface area contributed by atoms with Crippen LogP contribution in [0.2, 0.25) is 0 Å². The molecule has 1 N–H and O–H groups in total. The summed E-state index contributed by atoms with van der Waals surface area (Å²) in [6.45, 7) is 1.92. The third kappa shape index (κ3) is 2.20. The number of fused-ring (bicyclic) bond motifs is 3. The van der Waals surface area contributed by atoms with E-state index in [0.29, 0.717) is 5.92 Å². The van der Waals surface area contributed by atoms with Crippen LogP contribution in [0.15, 0.2) is 48.7 Å². The van der Waals surface area contributed by atoms with Crippen LogP contribution in [0.5, 0.6) is 0 Å². The van der Waals surface area contributed by atoms with Crippen LogP contribution in [0.25, 0.3) is 0 Å². The summed E-state index contributed by atoms with van der Waals surface area (Å²) in [7, 11) is 0. The van der Waals surface area contributed by atoms with Crippen molar-refractivity contribution in [3.63, 3.8) is 0 Å². The fraction of sp³-hybridized carbons (Fsp3) is 0.278. The normalized spacial score (nSPS) is 24.7. The van der Waals surface area contributed by atoms with Gasteiger partial charge in [-0.25, -0.2) is 0 Å². The predicted molar refractivity (Wildman–Crippen MR) is 88.4 cm³/mol. The molecule has 1 aromatic heterocycles. The van der Waals surface area contributed by atoms with Gasteiger partial charge in [-0.05, 0) is 42.5 Å². The minimum absolute atomic E-state index is 0.129. The third-order valence-corrected chi connectivity index (χ3v) is 4.87. The highest BCUT2D eigenvalue weighted by molar-refractivity contribution is 5.67. The van der Waals surface area contributed by atoms with Gasteiger partial charge in [0.05, 0.1) is 16.7 Å². The lowest BCUT2D eigenvalue weighted by atomic mass is 9.77. The van der Waals surface area contributed by atoms with E-state index in [-0.39, 0.29) is 22.6 Å². The summed E-state index contributed by atoms with van der Waals surface area (Å²) >= 11 is 0. The van der Waals surface area contributed by atoms with Crippen molar-refractivity contribution in [2.75, 3.05) is 5.32 Å². The van der Waals surface area contributed by atoms with Crippen molar-refractivity contribution in [3.05, 3.63) is 75.6 Å². The zero-order chi connectivity index (χ0) is 16.0. The Morgan fingerprint density at radius 1 is 1.35 bits per heavy atom. The Kier molecular flexibility index (Phi) is 3.15. The first-order valence-corrected chi connectivity index (χ1v) is 7.78. The number of non-ortho nitro benzene ring substituents is 1. The number of nitro groups is 1. The smallest absolute Gasteiger partial charge is 0.270 e. The third-order valence-electron chi connectivity index (χ3n) is 4.87. The average molecular weight is 307 g/mol.